The molecule has 0 spiro atoms. The van der Waals surface area contributed by atoms with Gasteiger partial charge in [0.1, 0.15) is 28.8 Å². The monoisotopic (exact) mass is 564 g/mol. The van der Waals surface area contributed by atoms with Crippen LogP contribution in [-0.4, -0.2) is 34.2 Å². The average Bonchev–Trinajstić information content (AvgIpc) is 3.05. The Kier molecular flexibility index (Phi) is 7.87. The van der Waals surface area contributed by atoms with Crippen LogP contribution in [0.2, 0.25) is 0 Å². The first-order valence-corrected chi connectivity index (χ1v) is 14.2. The lowest BCUT2D eigenvalue weighted by Crippen LogP contribution is -2.60. The van der Waals surface area contributed by atoms with Gasteiger partial charge in [-0.05, 0) is 24.3 Å². The maximum Gasteiger partial charge on any atom is 0.146 e. The third-order valence-corrected chi connectivity index (χ3v) is 8.71. The molecule has 0 aliphatic carbocycles. The van der Waals surface area contributed by atoms with Crippen molar-refractivity contribution in [2.45, 2.75) is 24.2 Å². The third kappa shape index (κ3) is 4.68. The van der Waals surface area contributed by atoms with Crippen LogP contribution in [0.15, 0.2) is 97.1 Å². The lowest BCUT2D eigenvalue weighted by molar-refractivity contribution is -0.139. The molecule has 4 aromatic carbocycles. The van der Waals surface area contributed by atoms with E-state index in [9.17, 15) is 0 Å². The van der Waals surface area contributed by atoms with Crippen molar-refractivity contribution in [3.63, 3.8) is 0 Å². The Morgan fingerprint density at radius 2 is 0.667 bits per heavy atom. The molecule has 0 amide bonds. The van der Waals surface area contributed by atoms with Gasteiger partial charge in [-0.3, -0.25) is 4.79 Å². The molecule has 4 aromatic rings. The highest BCUT2D eigenvalue weighted by Gasteiger charge is 2.56. The lowest BCUT2D eigenvalue weighted by atomic mass is 9.63. The van der Waals surface area contributed by atoms with Crippen LogP contribution in [0.5, 0.6) is 23.0 Å². The van der Waals surface area contributed by atoms with E-state index in [1.54, 1.807) is 28.4 Å². The van der Waals surface area contributed by atoms with Crippen LogP contribution in [0.4, 0.5) is 0 Å². The summed E-state index contributed by atoms with van der Waals surface area (Å²) < 4.78 is 23.3. The summed E-state index contributed by atoms with van der Waals surface area (Å²) in [5, 5.41) is 7.88. The number of carbonyl (C=O) groups is 1. The van der Waals surface area contributed by atoms with Crippen molar-refractivity contribution < 1.29 is 23.7 Å². The number of hydrogen-bond donors (Lipinski definition) is 2. The fraction of sp³-hybridized carbons (Fsp3) is 0.286. The molecule has 2 saturated heterocycles. The minimum Gasteiger partial charge on any atom is -0.496 e. The number of ether oxygens (including phenoxy) is 4. The fourth-order valence-electron chi connectivity index (χ4n) is 6.89. The van der Waals surface area contributed by atoms with Crippen LogP contribution in [0.1, 0.15) is 46.4 Å². The second kappa shape index (κ2) is 11.9. The second-order valence-corrected chi connectivity index (χ2v) is 10.7. The number of para-hydroxylation sites is 4. The Bertz CT molecular complexity index is 1350. The number of Topliss-reactive ketones (excluding diaryl/α,β-unsaturated/α-hetero) is 1. The van der Waals surface area contributed by atoms with Crippen molar-refractivity contribution in [3.8, 4) is 23.0 Å². The molecule has 6 rings (SSSR count). The van der Waals surface area contributed by atoms with E-state index in [0.29, 0.717) is 0 Å². The predicted octanol–water partition coefficient (Wildman–Crippen LogP) is 5.99. The molecule has 0 unspecified atom stereocenters. The molecule has 0 radical (unpaired) electrons. The molecule has 42 heavy (non-hydrogen) atoms. The second-order valence-electron chi connectivity index (χ2n) is 10.7. The van der Waals surface area contributed by atoms with Crippen molar-refractivity contribution in [2.24, 2.45) is 11.8 Å². The summed E-state index contributed by atoms with van der Waals surface area (Å²) in [6, 6.07) is 30.2. The summed E-state index contributed by atoms with van der Waals surface area (Å²) in [6.07, 6.45) is 0. The van der Waals surface area contributed by atoms with Crippen LogP contribution >= 0.6 is 0 Å². The van der Waals surface area contributed by atoms with Crippen LogP contribution in [0.3, 0.4) is 0 Å². The summed E-state index contributed by atoms with van der Waals surface area (Å²) in [5.74, 6) is 2.15. The summed E-state index contributed by atoms with van der Waals surface area (Å²) >= 11 is 0. The zero-order valence-electron chi connectivity index (χ0n) is 24.2. The number of nitrogens with one attached hydrogen (secondary N) is 2. The molecule has 216 valence electrons. The SMILES string of the molecule is COc1ccccc1[C@H]1N[C@@H](c2ccccc2OC)C2C(=O)C1[C@@H](c1ccccc1OC)N[C@H]2c1ccccc1OC. The van der Waals surface area contributed by atoms with E-state index in [4.69, 9.17) is 18.9 Å². The molecule has 0 saturated carbocycles. The fourth-order valence-corrected chi connectivity index (χ4v) is 6.89. The van der Waals surface area contributed by atoms with Crippen LogP contribution in [0.25, 0.3) is 0 Å². The molecular weight excluding hydrogens is 528 g/mol. The first-order valence-electron chi connectivity index (χ1n) is 14.2. The van der Waals surface area contributed by atoms with E-state index >= 15 is 4.79 Å². The normalized spacial score (nSPS) is 25.0. The molecule has 2 fully saturated rings. The first-order chi connectivity index (χ1) is 20.6. The molecule has 2 N–H and O–H groups in total. The summed E-state index contributed by atoms with van der Waals surface area (Å²) in [6.45, 7) is 0. The van der Waals surface area contributed by atoms with Gasteiger partial charge in [-0.15, -0.1) is 0 Å². The average molecular weight is 565 g/mol. The van der Waals surface area contributed by atoms with Crippen molar-refractivity contribution in [2.75, 3.05) is 28.4 Å². The van der Waals surface area contributed by atoms with E-state index < -0.39 is 11.8 Å². The number of hydrogen-bond acceptors (Lipinski definition) is 7. The minimum atomic E-state index is -0.459. The molecule has 2 heterocycles. The van der Waals surface area contributed by atoms with Gasteiger partial charge in [0.05, 0.1) is 40.3 Å². The third-order valence-electron chi connectivity index (χ3n) is 8.71. The van der Waals surface area contributed by atoms with Gasteiger partial charge in [0.2, 0.25) is 0 Å². The Hall–Kier alpha value is -4.33. The summed E-state index contributed by atoms with van der Waals surface area (Å²) in [4.78, 5) is 15.1. The quantitative estimate of drug-likeness (QED) is 0.272. The highest BCUT2D eigenvalue weighted by Crippen LogP contribution is 2.55. The first kappa shape index (κ1) is 27.8. The van der Waals surface area contributed by atoms with Gasteiger partial charge in [0, 0.05) is 46.4 Å². The van der Waals surface area contributed by atoms with E-state index in [1.807, 2.05) is 97.1 Å². The highest BCUT2D eigenvalue weighted by atomic mass is 16.5. The van der Waals surface area contributed by atoms with Gasteiger partial charge in [-0.2, -0.15) is 0 Å². The molecule has 4 atom stereocenters. The summed E-state index contributed by atoms with van der Waals surface area (Å²) in [7, 11) is 6.66. The van der Waals surface area contributed by atoms with Gasteiger partial charge in [-0.1, -0.05) is 72.8 Å². The molecule has 2 aliphatic rings. The molecule has 2 aliphatic heterocycles. The number of carbonyl (C=O) groups excluding carboxylic acids is 1. The lowest BCUT2D eigenvalue weighted by Gasteiger charge is -2.53. The van der Waals surface area contributed by atoms with Crippen LogP contribution in [0, 0.1) is 11.8 Å². The maximum atomic E-state index is 15.1. The van der Waals surface area contributed by atoms with E-state index in [0.717, 1.165) is 45.3 Å². The molecule has 7 heteroatoms. The van der Waals surface area contributed by atoms with Crippen LogP contribution in [-0.2, 0) is 4.79 Å². The summed E-state index contributed by atoms with van der Waals surface area (Å²) in [5.41, 5.74) is 3.70. The topological polar surface area (TPSA) is 78.1 Å². The molecular formula is C35H36N2O5. The smallest absolute Gasteiger partial charge is 0.146 e. The Morgan fingerprint density at radius 3 is 0.905 bits per heavy atom. The standard InChI is InChI=1S/C35H36N2O5/c1-39-25-17-9-5-13-21(25)31-29-32(22-14-6-10-18-26(22)40-2)37-34(24-16-8-12-20-28(24)42-4)30(35(29)38)33(36-31)23-15-7-11-19-27(23)41-3/h5-20,29-34,36-37H,1-4H3/t29?,30?,31-,32-,33+,34+. The number of benzene rings is 4. The largest absolute Gasteiger partial charge is 0.496 e. The van der Waals surface area contributed by atoms with Crippen molar-refractivity contribution in [1.82, 2.24) is 10.6 Å². The predicted molar refractivity (Wildman–Crippen MR) is 161 cm³/mol. The van der Waals surface area contributed by atoms with Crippen LogP contribution < -0.4 is 29.6 Å². The minimum absolute atomic E-state index is 0.158. The number of piperidine rings is 2. The highest BCUT2D eigenvalue weighted by molar-refractivity contribution is 5.89. The van der Waals surface area contributed by atoms with E-state index in [1.165, 1.54) is 0 Å². The van der Waals surface area contributed by atoms with E-state index in [-0.39, 0.29) is 30.0 Å². The molecule has 2 bridgehead atoms. The van der Waals surface area contributed by atoms with Crippen molar-refractivity contribution in [1.29, 1.82) is 0 Å². The van der Waals surface area contributed by atoms with Crippen molar-refractivity contribution in [3.05, 3.63) is 119 Å². The van der Waals surface area contributed by atoms with Gasteiger partial charge in [-0.25, -0.2) is 0 Å². The Labute approximate surface area is 246 Å². The molecule has 7 nitrogen and oxygen atoms in total. The number of fused-ring (bicyclic) bond motifs is 2. The molecule has 0 aromatic heterocycles. The number of rotatable bonds is 8. The van der Waals surface area contributed by atoms with Gasteiger partial charge in [0.25, 0.3) is 0 Å². The zero-order valence-corrected chi connectivity index (χ0v) is 24.2. The van der Waals surface area contributed by atoms with Gasteiger partial charge < -0.3 is 29.6 Å². The maximum absolute atomic E-state index is 15.1. The van der Waals surface area contributed by atoms with Crippen molar-refractivity contribution >= 4 is 5.78 Å². The van der Waals surface area contributed by atoms with E-state index in [2.05, 4.69) is 10.6 Å². The Balaban J connectivity index is 1.59. The number of ketones is 1. The zero-order chi connectivity index (χ0) is 29.2. The number of methoxy groups -OCH3 is 4. The van der Waals surface area contributed by atoms with Gasteiger partial charge >= 0.3 is 0 Å². The van der Waals surface area contributed by atoms with Gasteiger partial charge in [0.15, 0.2) is 0 Å². The Morgan fingerprint density at radius 1 is 0.429 bits per heavy atom.